The third kappa shape index (κ3) is 5.94. The summed E-state index contributed by atoms with van der Waals surface area (Å²) in [7, 11) is 0. The summed E-state index contributed by atoms with van der Waals surface area (Å²) in [5.41, 5.74) is 1.62. The van der Waals surface area contributed by atoms with Gasteiger partial charge in [0.25, 0.3) is 5.91 Å². The number of rotatable bonds is 8. The molecule has 29 heavy (non-hydrogen) atoms. The van der Waals surface area contributed by atoms with Gasteiger partial charge in [-0.1, -0.05) is 24.3 Å². The number of para-hydroxylation sites is 1. The molecule has 0 saturated carbocycles. The van der Waals surface area contributed by atoms with E-state index >= 15 is 0 Å². The van der Waals surface area contributed by atoms with Crippen molar-refractivity contribution in [1.82, 2.24) is 5.32 Å². The van der Waals surface area contributed by atoms with Crippen LogP contribution in [0.25, 0.3) is 0 Å². The number of benzene rings is 2. The molecular formula is C22H24FNO5. The van der Waals surface area contributed by atoms with E-state index in [1.54, 1.807) is 18.2 Å². The van der Waals surface area contributed by atoms with Crippen LogP contribution in [0.5, 0.6) is 11.5 Å². The highest BCUT2D eigenvalue weighted by Crippen LogP contribution is 2.41. The number of nitrogens with one attached hydrogen (secondary N) is 1. The van der Waals surface area contributed by atoms with Crippen LogP contribution in [0, 0.1) is 5.82 Å². The quantitative estimate of drug-likeness (QED) is 0.689. The third-order valence-corrected chi connectivity index (χ3v) is 4.41. The fraction of sp³-hybridized carbons (Fsp3) is 0.364. The summed E-state index contributed by atoms with van der Waals surface area (Å²) in [6.45, 7) is 3.63. The number of ether oxygens (including phenoxy) is 3. The number of hydrogen-bond donors (Lipinski definition) is 1. The van der Waals surface area contributed by atoms with E-state index in [4.69, 9.17) is 14.2 Å². The molecule has 0 radical (unpaired) electrons. The molecule has 1 N–H and O–H groups in total. The number of hydrogen-bond acceptors (Lipinski definition) is 5. The monoisotopic (exact) mass is 401 g/mol. The molecule has 0 atom stereocenters. The number of amides is 1. The molecule has 0 saturated heterocycles. The zero-order chi connectivity index (χ0) is 20.9. The Hall–Kier alpha value is -3.09. The van der Waals surface area contributed by atoms with Crippen LogP contribution in [0.3, 0.4) is 0 Å². The molecule has 0 spiro atoms. The van der Waals surface area contributed by atoms with E-state index in [0.717, 1.165) is 17.5 Å². The maximum absolute atomic E-state index is 12.8. The Morgan fingerprint density at radius 2 is 1.90 bits per heavy atom. The van der Waals surface area contributed by atoms with Gasteiger partial charge in [-0.15, -0.1) is 0 Å². The van der Waals surface area contributed by atoms with Crippen LogP contribution in [0.15, 0.2) is 42.5 Å². The predicted octanol–water partition coefficient (Wildman–Crippen LogP) is 2.82. The van der Waals surface area contributed by atoms with Crippen molar-refractivity contribution in [1.29, 1.82) is 0 Å². The van der Waals surface area contributed by atoms with Crippen molar-refractivity contribution in [2.24, 2.45) is 0 Å². The van der Waals surface area contributed by atoms with Crippen LogP contribution in [0.4, 0.5) is 4.39 Å². The second-order valence-corrected chi connectivity index (χ2v) is 7.46. The zero-order valence-electron chi connectivity index (χ0n) is 16.5. The Balaban J connectivity index is 1.37. The Morgan fingerprint density at radius 1 is 1.14 bits per heavy atom. The molecule has 2 aromatic carbocycles. The molecule has 1 aliphatic rings. The first-order valence-electron chi connectivity index (χ1n) is 9.43. The van der Waals surface area contributed by atoms with Crippen molar-refractivity contribution in [2.45, 2.75) is 32.3 Å². The highest BCUT2D eigenvalue weighted by atomic mass is 19.1. The molecule has 0 bridgehead atoms. The van der Waals surface area contributed by atoms with Gasteiger partial charge in [-0.05, 0) is 44.0 Å². The van der Waals surface area contributed by atoms with Gasteiger partial charge < -0.3 is 19.5 Å². The van der Waals surface area contributed by atoms with Gasteiger partial charge in [0.15, 0.2) is 24.7 Å². The van der Waals surface area contributed by atoms with Crippen LogP contribution in [-0.2, 0) is 27.2 Å². The van der Waals surface area contributed by atoms with Gasteiger partial charge in [-0.3, -0.25) is 4.79 Å². The molecule has 1 amide bonds. The van der Waals surface area contributed by atoms with E-state index < -0.39 is 11.9 Å². The molecule has 7 heteroatoms. The first kappa shape index (κ1) is 20.6. The summed E-state index contributed by atoms with van der Waals surface area (Å²) in [6.07, 6.45) is 1.32. The molecule has 0 aromatic heterocycles. The van der Waals surface area contributed by atoms with Crippen molar-refractivity contribution >= 4 is 11.9 Å². The summed E-state index contributed by atoms with van der Waals surface area (Å²) < 4.78 is 29.2. The normalized spacial score (nSPS) is 13.9. The van der Waals surface area contributed by atoms with Gasteiger partial charge in [0.2, 0.25) is 0 Å². The van der Waals surface area contributed by atoms with Gasteiger partial charge in [0.1, 0.15) is 11.4 Å². The molecule has 0 unspecified atom stereocenters. The van der Waals surface area contributed by atoms with Crippen LogP contribution < -0.4 is 14.8 Å². The highest BCUT2D eigenvalue weighted by Gasteiger charge is 2.32. The molecule has 0 aliphatic carbocycles. The molecule has 2 aromatic rings. The smallest absolute Gasteiger partial charge is 0.344 e. The first-order chi connectivity index (χ1) is 13.8. The standard InChI is InChI=1S/C22H24FNO5/c1-22(2)12-16-4-3-5-18(21(16)29-22)27-14-20(26)28-13-19(25)24-11-10-15-6-8-17(23)9-7-15/h3-9H,10-14H2,1-2H3,(H,24,25). The second-order valence-electron chi connectivity index (χ2n) is 7.46. The lowest BCUT2D eigenvalue weighted by molar-refractivity contribution is -0.150. The van der Waals surface area contributed by atoms with Crippen LogP contribution in [0.2, 0.25) is 0 Å². The minimum absolute atomic E-state index is 0.303. The van der Waals surface area contributed by atoms with Crippen LogP contribution in [-0.4, -0.2) is 37.2 Å². The topological polar surface area (TPSA) is 73.9 Å². The van der Waals surface area contributed by atoms with E-state index in [-0.39, 0.29) is 24.6 Å². The summed E-state index contributed by atoms with van der Waals surface area (Å²) in [6, 6.07) is 11.6. The number of halogens is 1. The van der Waals surface area contributed by atoms with Gasteiger partial charge in [0, 0.05) is 18.5 Å². The minimum atomic E-state index is -0.645. The van der Waals surface area contributed by atoms with Crippen molar-refractivity contribution in [3.63, 3.8) is 0 Å². The average Bonchev–Trinajstić information content (AvgIpc) is 3.00. The highest BCUT2D eigenvalue weighted by molar-refractivity contribution is 5.80. The molecule has 3 rings (SSSR count). The fourth-order valence-corrected chi connectivity index (χ4v) is 3.07. The van der Waals surface area contributed by atoms with Crippen LogP contribution in [0.1, 0.15) is 25.0 Å². The summed E-state index contributed by atoms with van der Waals surface area (Å²) >= 11 is 0. The van der Waals surface area contributed by atoms with Gasteiger partial charge in [-0.2, -0.15) is 0 Å². The predicted molar refractivity (Wildman–Crippen MR) is 104 cm³/mol. The number of carbonyl (C=O) groups is 2. The lowest BCUT2D eigenvalue weighted by Crippen LogP contribution is -2.31. The Morgan fingerprint density at radius 3 is 2.66 bits per heavy atom. The van der Waals surface area contributed by atoms with E-state index in [1.807, 2.05) is 26.0 Å². The summed E-state index contributed by atoms with van der Waals surface area (Å²) in [4.78, 5) is 23.7. The van der Waals surface area contributed by atoms with Gasteiger partial charge >= 0.3 is 5.97 Å². The van der Waals surface area contributed by atoms with Crippen molar-refractivity contribution in [2.75, 3.05) is 19.8 Å². The number of fused-ring (bicyclic) bond motifs is 1. The molecule has 1 heterocycles. The Labute approximate surface area is 169 Å². The second kappa shape index (κ2) is 8.94. The van der Waals surface area contributed by atoms with Gasteiger partial charge in [0.05, 0.1) is 0 Å². The fourth-order valence-electron chi connectivity index (χ4n) is 3.07. The summed E-state index contributed by atoms with van der Waals surface area (Å²) in [5.74, 6) is -0.236. The summed E-state index contributed by atoms with van der Waals surface area (Å²) in [5, 5.41) is 2.65. The Bertz CT molecular complexity index is 879. The van der Waals surface area contributed by atoms with Crippen molar-refractivity contribution in [3.8, 4) is 11.5 Å². The third-order valence-electron chi connectivity index (χ3n) is 4.41. The van der Waals surface area contributed by atoms with E-state index in [2.05, 4.69) is 5.32 Å². The maximum Gasteiger partial charge on any atom is 0.344 e. The average molecular weight is 401 g/mol. The van der Waals surface area contributed by atoms with Crippen molar-refractivity contribution in [3.05, 3.63) is 59.4 Å². The lowest BCUT2D eigenvalue weighted by Gasteiger charge is -2.18. The van der Waals surface area contributed by atoms with E-state index in [0.29, 0.717) is 24.5 Å². The van der Waals surface area contributed by atoms with E-state index in [9.17, 15) is 14.0 Å². The Kier molecular flexibility index (Phi) is 6.36. The minimum Gasteiger partial charge on any atom is -0.483 e. The van der Waals surface area contributed by atoms with E-state index in [1.165, 1.54) is 12.1 Å². The number of carbonyl (C=O) groups excluding carboxylic acids is 2. The molecular weight excluding hydrogens is 377 g/mol. The number of esters is 1. The van der Waals surface area contributed by atoms with Gasteiger partial charge in [-0.25, -0.2) is 9.18 Å². The maximum atomic E-state index is 12.8. The van der Waals surface area contributed by atoms with Crippen LogP contribution >= 0.6 is 0 Å². The van der Waals surface area contributed by atoms with Crippen molar-refractivity contribution < 1.29 is 28.2 Å². The molecule has 1 aliphatic heterocycles. The molecule has 154 valence electrons. The molecule has 0 fully saturated rings. The lowest BCUT2D eigenvalue weighted by atomic mass is 10.0. The SMILES string of the molecule is CC1(C)Cc2cccc(OCC(=O)OCC(=O)NCCc3ccc(F)cc3)c2O1. The zero-order valence-corrected chi connectivity index (χ0v) is 16.5. The molecule has 6 nitrogen and oxygen atoms in total. The largest absolute Gasteiger partial charge is 0.483 e. The first-order valence-corrected chi connectivity index (χ1v) is 9.43.